The first-order chi connectivity index (χ1) is 5.93. The SMILES string of the molecule is CC(C)(C)[S@@](=O)c1cccc[n+]1[O-]. The normalized spacial score (nSPS) is 14.1. The van der Waals surface area contributed by atoms with E-state index in [-0.39, 0.29) is 0 Å². The smallest absolute Gasteiger partial charge is 0.282 e. The molecular weight excluding hydrogens is 186 g/mol. The number of nitrogens with zero attached hydrogens (tertiary/aromatic N) is 1. The van der Waals surface area contributed by atoms with E-state index in [1.165, 1.54) is 6.20 Å². The molecule has 13 heavy (non-hydrogen) atoms. The van der Waals surface area contributed by atoms with Gasteiger partial charge in [0.2, 0.25) is 0 Å². The molecule has 72 valence electrons. The van der Waals surface area contributed by atoms with E-state index in [4.69, 9.17) is 0 Å². The van der Waals surface area contributed by atoms with E-state index < -0.39 is 15.5 Å². The van der Waals surface area contributed by atoms with E-state index >= 15 is 0 Å². The summed E-state index contributed by atoms with van der Waals surface area (Å²) in [5.41, 5.74) is 0. The molecule has 3 nitrogen and oxygen atoms in total. The van der Waals surface area contributed by atoms with E-state index in [0.717, 1.165) is 0 Å². The Morgan fingerprint density at radius 2 is 2.00 bits per heavy atom. The second-order valence-corrected chi connectivity index (χ2v) is 5.93. The predicted molar refractivity (Wildman–Crippen MR) is 51.6 cm³/mol. The largest absolute Gasteiger partial charge is 0.618 e. The van der Waals surface area contributed by atoms with Crippen molar-refractivity contribution < 1.29 is 8.94 Å². The summed E-state index contributed by atoms with van der Waals surface area (Å²) >= 11 is 0. The summed E-state index contributed by atoms with van der Waals surface area (Å²) in [4.78, 5) is 0. The molecule has 0 saturated heterocycles. The number of aromatic nitrogens is 1. The predicted octanol–water partition coefficient (Wildman–Crippen LogP) is 1.23. The van der Waals surface area contributed by atoms with Crippen LogP contribution >= 0.6 is 0 Å². The van der Waals surface area contributed by atoms with Crippen molar-refractivity contribution in [3.8, 4) is 0 Å². The Balaban J connectivity index is 3.10. The van der Waals surface area contributed by atoms with Crippen LogP contribution in [0, 0.1) is 5.21 Å². The lowest BCUT2D eigenvalue weighted by Gasteiger charge is -2.15. The van der Waals surface area contributed by atoms with E-state index in [9.17, 15) is 9.42 Å². The third-order valence-electron chi connectivity index (χ3n) is 1.53. The Bertz CT molecular complexity index is 331. The van der Waals surface area contributed by atoms with Crippen molar-refractivity contribution >= 4 is 10.8 Å². The van der Waals surface area contributed by atoms with Crippen LogP contribution in [0.15, 0.2) is 29.4 Å². The van der Waals surface area contributed by atoms with Gasteiger partial charge in [0.25, 0.3) is 5.03 Å². The molecule has 1 heterocycles. The van der Waals surface area contributed by atoms with Gasteiger partial charge in [-0.1, -0.05) is 0 Å². The molecule has 0 aromatic carbocycles. The summed E-state index contributed by atoms with van der Waals surface area (Å²) in [6.07, 6.45) is 1.36. The summed E-state index contributed by atoms with van der Waals surface area (Å²) in [5.74, 6) is 0. The first kappa shape index (κ1) is 10.2. The number of hydrogen-bond acceptors (Lipinski definition) is 2. The van der Waals surface area contributed by atoms with Gasteiger partial charge in [-0.05, 0) is 26.8 Å². The van der Waals surface area contributed by atoms with Gasteiger partial charge in [0.1, 0.15) is 10.8 Å². The monoisotopic (exact) mass is 199 g/mol. The van der Waals surface area contributed by atoms with Crippen LogP contribution in [0.1, 0.15) is 20.8 Å². The highest BCUT2D eigenvalue weighted by atomic mass is 32.2. The molecule has 0 amide bonds. The van der Waals surface area contributed by atoms with Crippen molar-refractivity contribution in [2.45, 2.75) is 30.5 Å². The summed E-state index contributed by atoms with van der Waals surface area (Å²) in [5, 5.41) is 11.5. The number of pyridine rings is 1. The first-order valence-electron chi connectivity index (χ1n) is 4.03. The zero-order valence-electron chi connectivity index (χ0n) is 7.98. The maximum atomic E-state index is 11.8. The van der Waals surface area contributed by atoms with E-state index in [2.05, 4.69) is 0 Å². The number of rotatable bonds is 1. The molecule has 0 unspecified atom stereocenters. The fourth-order valence-corrected chi connectivity index (χ4v) is 1.92. The van der Waals surface area contributed by atoms with E-state index in [1.54, 1.807) is 18.2 Å². The third-order valence-corrected chi connectivity index (χ3v) is 3.34. The lowest BCUT2D eigenvalue weighted by molar-refractivity contribution is -0.646. The molecule has 0 aliphatic carbocycles. The van der Waals surface area contributed by atoms with Crippen LogP contribution in [-0.4, -0.2) is 8.96 Å². The molecule has 0 saturated carbocycles. The maximum absolute atomic E-state index is 11.8. The molecule has 1 rings (SSSR count). The molecule has 0 spiro atoms. The molecule has 0 fully saturated rings. The lowest BCUT2D eigenvalue weighted by Crippen LogP contribution is -2.36. The van der Waals surface area contributed by atoms with Crippen molar-refractivity contribution in [1.82, 2.24) is 0 Å². The van der Waals surface area contributed by atoms with Crippen molar-refractivity contribution in [2.75, 3.05) is 0 Å². The van der Waals surface area contributed by atoms with Gasteiger partial charge >= 0.3 is 0 Å². The van der Waals surface area contributed by atoms with Crippen molar-refractivity contribution in [3.63, 3.8) is 0 Å². The molecule has 1 atom stereocenters. The molecule has 0 N–H and O–H groups in total. The Morgan fingerprint density at radius 3 is 2.46 bits per heavy atom. The van der Waals surface area contributed by atoms with Crippen LogP contribution in [0.4, 0.5) is 0 Å². The van der Waals surface area contributed by atoms with Gasteiger partial charge in [0.15, 0.2) is 6.20 Å². The molecule has 4 heteroatoms. The molecular formula is C9H13NO2S. The summed E-state index contributed by atoms with van der Waals surface area (Å²) < 4.78 is 12.0. The molecule has 1 aromatic heterocycles. The Labute approximate surface area is 80.4 Å². The second-order valence-electron chi connectivity index (χ2n) is 3.75. The average molecular weight is 199 g/mol. The Hall–Kier alpha value is -0.900. The van der Waals surface area contributed by atoms with Crippen LogP contribution in [0.2, 0.25) is 0 Å². The molecule has 0 aliphatic heterocycles. The van der Waals surface area contributed by atoms with Gasteiger partial charge in [-0.3, -0.25) is 0 Å². The van der Waals surface area contributed by atoms with Crippen LogP contribution in [0.3, 0.4) is 0 Å². The van der Waals surface area contributed by atoms with Crippen LogP contribution in [-0.2, 0) is 10.8 Å². The highest BCUT2D eigenvalue weighted by molar-refractivity contribution is 7.86. The van der Waals surface area contributed by atoms with Crippen LogP contribution in [0.25, 0.3) is 0 Å². The second kappa shape index (κ2) is 3.46. The summed E-state index contributed by atoms with van der Waals surface area (Å²) in [7, 11) is -1.26. The summed E-state index contributed by atoms with van der Waals surface area (Å²) in [6, 6.07) is 4.93. The summed E-state index contributed by atoms with van der Waals surface area (Å²) in [6.45, 7) is 5.53. The topological polar surface area (TPSA) is 44.0 Å². The van der Waals surface area contributed by atoms with Crippen molar-refractivity contribution in [3.05, 3.63) is 29.6 Å². The van der Waals surface area contributed by atoms with Gasteiger partial charge < -0.3 is 5.21 Å². The van der Waals surface area contributed by atoms with Crippen LogP contribution in [0.5, 0.6) is 0 Å². The fraction of sp³-hybridized carbons (Fsp3) is 0.444. The standard InChI is InChI=1S/C9H13NO2S/c1-9(2,3)13(12)8-6-4-5-7-10(8)11/h4-7H,1-3H3/t13-/m0/s1. The fourth-order valence-electron chi connectivity index (χ4n) is 0.870. The molecule has 0 aliphatic rings. The van der Waals surface area contributed by atoms with Gasteiger partial charge in [-0.2, -0.15) is 4.73 Å². The molecule has 1 aromatic rings. The Morgan fingerprint density at radius 1 is 1.38 bits per heavy atom. The minimum Gasteiger partial charge on any atom is -0.618 e. The highest BCUT2D eigenvalue weighted by Crippen LogP contribution is 2.16. The lowest BCUT2D eigenvalue weighted by atomic mass is 10.3. The quantitative estimate of drug-likeness (QED) is 0.504. The molecule has 0 bridgehead atoms. The van der Waals surface area contributed by atoms with Gasteiger partial charge in [0, 0.05) is 16.9 Å². The van der Waals surface area contributed by atoms with Crippen molar-refractivity contribution in [1.29, 1.82) is 0 Å². The van der Waals surface area contributed by atoms with Crippen LogP contribution < -0.4 is 4.73 Å². The van der Waals surface area contributed by atoms with Crippen molar-refractivity contribution in [2.24, 2.45) is 0 Å². The highest BCUT2D eigenvalue weighted by Gasteiger charge is 2.26. The number of hydrogen-bond donors (Lipinski definition) is 0. The van der Waals surface area contributed by atoms with E-state index in [0.29, 0.717) is 9.76 Å². The minimum absolute atomic E-state index is 0.315. The zero-order valence-corrected chi connectivity index (χ0v) is 8.80. The third kappa shape index (κ3) is 2.28. The van der Waals surface area contributed by atoms with E-state index in [1.807, 2.05) is 20.8 Å². The maximum Gasteiger partial charge on any atom is 0.282 e. The first-order valence-corrected chi connectivity index (χ1v) is 5.18. The van der Waals surface area contributed by atoms with Gasteiger partial charge in [0.05, 0.1) is 0 Å². The Kier molecular flexibility index (Phi) is 2.71. The zero-order chi connectivity index (χ0) is 10.1. The van der Waals surface area contributed by atoms with Gasteiger partial charge in [-0.15, -0.1) is 0 Å². The average Bonchev–Trinajstić information content (AvgIpc) is 2.02. The van der Waals surface area contributed by atoms with Gasteiger partial charge in [-0.25, -0.2) is 4.21 Å². The molecule has 0 radical (unpaired) electrons. The minimum atomic E-state index is -1.26.